The molecule has 0 saturated heterocycles. The molecule has 3 heteroatoms. The monoisotopic (exact) mass is 145 g/mol. The molecule has 0 saturated carbocycles. The lowest BCUT2D eigenvalue weighted by atomic mass is 10.2. The van der Waals surface area contributed by atoms with Gasteiger partial charge in [0.05, 0.1) is 0 Å². The second-order valence-electron chi connectivity index (χ2n) is 2.03. The highest BCUT2D eigenvalue weighted by atomic mass is 16.5. The molecule has 0 heterocycles. The van der Waals surface area contributed by atoms with Gasteiger partial charge in [0, 0.05) is 6.42 Å². The molecule has 10 heavy (non-hydrogen) atoms. The van der Waals surface area contributed by atoms with Crippen LogP contribution in [0.15, 0.2) is 0 Å². The van der Waals surface area contributed by atoms with Gasteiger partial charge < -0.3 is 4.74 Å². The quantitative estimate of drug-likeness (QED) is 0.545. The van der Waals surface area contributed by atoms with E-state index in [2.05, 4.69) is 4.74 Å². The van der Waals surface area contributed by atoms with Gasteiger partial charge >= 0.3 is 5.97 Å². The number of esters is 1. The summed E-state index contributed by atoms with van der Waals surface area (Å²) in [7, 11) is 0. The molecule has 0 rings (SSSR count). The topological polar surface area (TPSA) is 46.2 Å². The van der Waals surface area contributed by atoms with Crippen molar-refractivity contribution in [2.24, 2.45) is 0 Å². The van der Waals surface area contributed by atoms with Crippen LogP contribution in [0, 0.1) is 0 Å². The van der Waals surface area contributed by atoms with Crippen LogP contribution in [0.3, 0.4) is 0 Å². The molecule has 0 fully saturated rings. The summed E-state index contributed by atoms with van der Waals surface area (Å²) >= 11 is 0. The molecule has 0 unspecified atom stereocenters. The van der Waals surface area contributed by atoms with E-state index in [1.807, 2.05) is 6.92 Å². The summed E-state index contributed by atoms with van der Waals surface area (Å²) in [6.45, 7) is 1.68. The Morgan fingerprint density at radius 2 is 2.20 bits per heavy atom. The third-order valence-corrected chi connectivity index (χ3v) is 1.08. The first-order valence-electron chi connectivity index (χ1n) is 3.55. The van der Waals surface area contributed by atoms with Gasteiger partial charge in [0.2, 0.25) is 0 Å². The smallest absolute Gasteiger partial charge is 0.305 e. The summed E-state index contributed by atoms with van der Waals surface area (Å²) in [5.41, 5.74) is 0. The van der Waals surface area contributed by atoms with E-state index in [0.717, 1.165) is 12.8 Å². The lowest BCUT2D eigenvalue weighted by Gasteiger charge is -1.99. The van der Waals surface area contributed by atoms with E-state index in [1.54, 1.807) is 0 Å². The molecule has 0 aliphatic rings. The van der Waals surface area contributed by atoms with Crippen molar-refractivity contribution in [2.45, 2.75) is 26.2 Å². The molecule has 0 aromatic heterocycles. The van der Waals surface area contributed by atoms with Crippen molar-refractivity contribution in [3.8, 4) is 0 Å². The lowest BCUT2D eigenvalue weighted by molar-refractivity contribution is -0.145. The van der Waals surface area contributed by atoms with Gasteiger partial charge in [-0.15, -0.1) is 0 Å². The Morgan fingerprint density at radius 1 is 1.50 bits per heavy atom. The fourth-order valence-corrected chi connectivity index (χ4v) is 0.549. The van der Waals surface area contributed by atoms with Crippen molar-refractivity contribution in [1.82, 2.24) is 0 Å². The molecular formula is C7H13O3. The minimum Gasteiger partial charge on any atom is -0.463 e. The van der Waals surface area contributed by atoms with E-state index in [-0.39, 0.29) is 19.2 Å². The fourth-order valence-electron chi connectivity index (χ4n) is 0.549. The largest absolute Gasteiger partial charge is 0.463 e. The Morgan fingerprint density at radius 3 is 2.70 bits per heavy atom. The van der Waals surface area contributed by atoms with E-state index in [4.69, 9.17) is 0 Å². The Kier molecular flexibility index (Phi) is 6.18. The average molecular weight is 145 g/mol. The number of hydrogen-bond acceptors (Lipinski definition) is 2. The number of ether oxygens (including phenoxy) is 1. The Labute approximate surface area is 61.0 Å². The second-order valence-corrected chi connectivity index (χ2v) is 2.03. The van der Waals surface area contributed by atoms with E-state index >= 15 is 0 Å². The summed E-state index contributed by atoms with van der Waals surface area (Å²) in [4.78, 5) is 10.6. The molecule has 59 valence electrons. The molecule has 3 nitrogen and oxygen atoms in total. The van der Waals surface area contributed by atoms with E-state index in [9.17, 15) is 9.90 Å². The standard InChI is InChI=1S/C7H13O3/c1-2-3-4-7(9)10-6-5-8/h2-6H2,1H3. The minimum absolute atomic E-state index is 0.0164. The van der Waals surface area contributed by atoms with Crippen LogP contribution in [0.5, 0.6) is 0 Å². The van der Waals surface area contributed by atoms with Crippen LogP contribution < -0.4 is 0 Å². The number of carbonyl (C=O) groups excluding carboxylic acids is 1. The van der Waals surface area contributed by atoms with Gasteiger partial charge in [0.1, 0.15) is 13.2 Å². The van der Waals surface area contributed by atoms with Gasteiger partial charge in [-0.1, -0.05) is 13.3 Å². The summed E-state index contributed by atoms with van der Waals surface area (Å²) in [6, 6.07) is 0. The first-order chi connectivity index (χ1) is 4.81. The summed E-state index contributed by atoms with van der Waals surface area (Å²) < 4.78 is 4.54. The Bertz CT molecular complexity index is 80.9. The van der Waals surface area contributed by atoms with Gasteiger partial charge in [0.15, 0.2) is 0 Å². The average Bonchev–Trinajstić information content (AvgIpc) is 1.97. The number of unbranched alkanes of at least 4 members (excludes halogenated alkanes) is 1. The highest BCUT2D eigenvalue weighted by Gasteiger charge is 1.99. The van der Waals surface area contributed by atoms with Crippen molar-refractivity contribution in [3.05, 3.63) is 0 Å². The highest BCUT2D eigenvalue weighted by molar-refractivity contribution is 5.69. The Hall–Kier alpha value is -0.570. The van der Waals surface area contributed by atoms with Crippen LogP contribution in [0.4, 0.5) is 0 Å². The Balaban J connectivity index is 3.09. The van der Waals surface area contributed by atoms with Crippen LogP contribution in [-0.4, -0.2) is 19.2 Å². The summed E-state index contributed by atoms with van der Waals surface area (Å²) in [6.07, 6.45) is 2.26. The van der Waals surface area contributed by atoms with Crippen molar-refractivity contribution in [1.29, 1.82) is 0 Å². The van der Waals surface area contributed by atoms with Crippen LogP contribution in [0.25, 0.3) is 0 Å². The van der Waals surface area contributed by atoms with E-state index < -0.39 is 0 Å². The second kappa shape index (κ2) is 6.55. The third kappa shape index (κ3) is 5.56. The lowest BCUT2D eigenvalue weighted by Crippen LogP contribution is -2.07. The van der Waals surface area contributed by atoms with Crippen LogP contribution in [0.1, 0.15) is 26.2 Å². The van der Waals surface area contributed by atoms with Gasteiger partial charge in [-0.2, -0.15) is 0 Å². The molecule has 0 N–H and O–H groups in total. The maximum Gasteiger partial charge on any atom is 0.305 e. The van der Waals surface area contributed by atoms with Crippen molar-refractivity contribution in [3.63, 3.8) is 0 Å². The molecule has 0 aromatic carbocycles. The number of hydrogen-bond donors (Lipinski definition) is 0. The first-order valence-corrected chi connectivity index (χ1v) is 3.55. The molecule has 0 spiro atoms. The molecule has 0 aromatic rings. The van der Waals surface area contributed by atoms with Crippen LogP contribution in [0.2, 0.25) is 0 Å². The first kappa shape index (κ1) is 9.43. The molecule has 0 aliphatic carbocycles. The normalized spacial score (nSPS) is 9.40. The predicted octanol–water partition coefficient (Wildman–Crippen LogP) is 1.15. The molecule has 1 radical (unpaired) electrons. The minimum atomic E-state index is -0.335. The number of rotatable bonds is 5. The van der Waals surface area contributed by atoms with Crippen LogP contribution >= 0.6 is 0 Å². The van der Waals surface area contributed by atoms with Crippen molar-refractivity contribution in [2.75, 3.05) is 13.2 Å². The summed E-state index contributed by atoms with van der Waals surface area (Å²) in [5.74, 6) is -0.252. The van der Waals surface area contributed by atoms with Gasteiger partial charge in [-0.25, -0.2) is 5.11 Å². The highest BCUT2D eigenvalue weighted by Crippen LogP contribution is 1.95. The molecule has 0 amide bonds. The molecular weight excluding hydrogens is 132 g/mol. The van der Waals surface area contributed by atoms with Gasteiger partial charge in [-0.05, 0) is 6.42 Å². The maximum atomic E-state index is 10.6. The predicted molar refractivity (Wildman–Crippen MR) is 36.0 cm³/mol. The zero-order valence-corrected chi connectivity index (χ0v) is 6.26. The van der Waals surface area contributed by atoms with Crippen LogP contribution in [-0.2, 0) is 14.6 Å². The fraction of sp³-hybridized carbons (Fsp3) is 0.857. The molecule has 0 atom stereocenters. The molecule has 0 bridgehead atoms. The zero-order chi connectivity index (χ0) is 7.82. The van der Waals surface area contributed by atoms with E-state index in [0.29, 0.717) is 6.42 Å². The van der Waals surface area contributed by atoms with E-state index in [1.165, 1.54) is 0 Å². The third-order valence-electron chi connectivity index (χ3n) is 1.08. The number of carbonyl (C=O) groups is 1. The van der Waals surface area contributed by atoms with Crippen molar-refractivity contribution >= 4 is 5.97 Å². The zero-order valence-electron chi connectivity index (χ0n) is 6.26. The maximum absolute atomic E-state index is 10.6. The summed E-state index contributed by atoms with van der Waals surface area (Å²) in [5, 5.41) is 9.83. The van der Waals surface area contributed by atoms with Gasteiger partial charge in [-0.3, -0.25) is 4.79 Å². The SMILES string of the molecule is CCCCC(=O)OCC[O]. The van der Waals surface area contributed by atoms with Crippen molar-refractivity contribution < 1.29 is 14.6 Å². The molecule has 0 aliphatic heterocycles. The van der Waals surface area contributed by atoms with Gasteiger partial charge in [0.25, 0.3) is 0 Å².